The van der Waals surface area contributed by atoms with E-state index in [-0.39, 0.29) is 0 Å². The molecular formula is C14H23NO4. The van der Waals surface area contributed by atoms with Crippen molar-refractivity contribution in [2.75, 3.05) is 7.11 Å². The first kappa shape index (κ1) is 15.5. The van der Waals surface area contributed by atoms with Crippen molar-refractivity contribution in [3.05, 3.63) is 11.6 Å². The van der Waals surface area contributed by atoms with Gasteiger partial charge in [-0.1, -0.05) is 11.6 Å². The average Bonchev–Trinajstić information content (AvgIpc) is 2.77. The van der Waals surface area contributed by atoms with Gasteiger partial charge in [0.2, 0.25) is 0 Å². The number of esters is 1. The minimum absolute atomic E-state index is 0.446. The summed E-state index contributed by atoms with van der Waals surface area (Å²) >= 11 is 0. The number of allylic oxidation sites excluding steroid dienone is 1. The highest BCUT2D eigenvalue weighted by Crippen LogP contribution is 2.22. The summed E-state index contributed by atoms with van der Waals surface area (Å²) in [4.78, 5) is 23.4. The molecule has 1 amide bonds. The van der Waals surface area contributed by atoms with E-state index in [0.29, 0.717) is 6.42 Å². The summed E-state index contributed by atoms with van der Waals surface area (Å²) in [5.74, 6) is -0.446. The zero-order valence-corrected chi connectivity index (χ0v) is 12.1. The standard InChI is InChI=1S/C14H23NO4/c1-14(2,3)19-13(17)15-11(12(16)18-4)9-10-7-5-6-8-10/h7,11H,5-6,8-9H2,1-4H3,(H,15,17). The molecule has 0 fully saturated rings. The van der Waals surface area contributed by atoms with Crippen molar-refractivity contribution in [2.45, 2.75) is 58.1 Å². The predicted molar refractivity (Wildman–Crippen MR) is 71.7 cm³/mol. The number of carbonyl (C=O) groups is 2. The number of rotatable bonds is 4. The van der Waals surface area contributed by atoms with E-state index < -0.39 is 23.7 Å². The molecule has 19 heavy (non-hydrogen) atoms. The fraction of sp³-hybridized carbons (Fsp3) is 0.714. The van der Waals surface area contributed by atoms with Gasteiger partial charge in [0.15, 0.2) is 0 Å². The molecule has 0 aromatic carbocycles. The smallest absolute Gasteiger partial charge is 0.408 e. The van der Waals surface area contributed by atoms with E-state index in [1.807, 2.05) is 0 Å². The summed E-state index contributed by atoms with van der Waals surface area (Å²) in [6, 6.07) is -0.677. The van der Waals surface area contributed by atoms with E-state index in [1.165, 1.54) is 12.7 Å². The first-order valence-corrected chi connectivity index (χ1v) is 6.57. The van der Waals surface area contributed by atoms with Gasteiger partial charge in [-0.3, -0.25) is 0 Å². The van der Waals surface area contributed by atoms with Crippen LogP contribution in [0.2, 0.25) is 0 Å². The Morgan fingerprint density at radius 3 is 2.58 bits per heavy atom. The number of methoxy groups -OCH3 is 1. The number of hydrogen-bond acceptors (Lipinski definition) is 4. The Bertz CT molecular complexity index is 368. The van der Waals surface area contributed by atoms with E-state index in [2.05, 4.69) is 11.4 Å². The molecule has 1 rings (SSSR count). The molecule has 108 valence electrons. The minimum atomic E-state index is -0.677. The summed E-state index contributed by atoms with van der Waals surface area (Å²) in [5.41, 5.74) is 0.601. The number of hydrogen-bond donors (Lipinski definition) is 1. The second kappa shape index (κ2) is 6.59. The van der Waals surface area contributed by atoms with Crippen molar-refractivity contribution < 1.29 is 19.1 Å². The number of ether oxygens (including phenoxy) is 2. The molecule has 5 heteroatoms. The first-order valence-electron chi connectivity index (χ1n) is 6.57. The van der Waals surface area contributed by atoms with E-state index in [1.54, 1.807) is 20.8 Å². The summed E-state index contributed by atoms with van der Waals surface area (Å²) < 4.78 is 9.87. The van der Waals surface area contributed by atoms with E-state index >= 15 is 0 Å². The third-order valence-corrected chi connectivity index (χ3v) is 2.78. The van der Waals surface area contributed by atoms with Crippen LogP contribution in [0.1, 0.15) is 46.5 Å². The molecule has 0 heterocycles. The summed E-state index contributed by atoms with van der Waals surface area (Å²) in [6.45, 7) is 5.33. The third kappa shape index (κ3) is 5.77. The number of nitrogens with one attached hydrogen (secondary N) is 1. The second-order valence-electron chi connectivity index (χ2n) is 5.68. The maximum Gasteiger partial charge on any atom is 0.408 e. The van der Waals surface area contributed by atoms with Gasteiger partial charge >= 0.3 is 12.1 Å². The highest BCUT2D eigenvalue weighted by Gasteiger charge is 2.26. The van der Waals surface area contributed by atoms with Gasteiger partial charge in [0, 0.05) is 0 Å². The van der Waals surface area contributed by atoms with Crippen molar-refractivity contribution >= 4 is 12.1 Å². The Labute approximate surface area is 114 Å². The van der Waals surface area contributed by atoms with Gasteiger partial charge < -0.3 is 14.8 Å². The lowest BCUT2D eigenvalue weighted by molar-refractivity contribution is -0.143. The van der Waals surface area contributed by atoms with Crippen LogP contribution in [0, 0.1) is 0 Å². The highest BCUT2D eigenvalue weighted by molar-refractivity contribution is 5.81. The Hall–Kier alpha value is -1.52. The molecular weight excluding hydrogens is 246 g/mol. The van der Waals surface area contributed by atoms with E-state index in [4.69, 9.17) is 9.47 Å². The Morgan fingerprint density at radius 2 is 2.11 bits per heavy atom. The number of amides is 1. The van der Waals surface area contributed by atoms with Crippen LogP contribution in [0.3, 0.4) is 0 Å². The lowest BCUT2D eigenvalue weighted by Gasteiger charge is -2.22. The fourth-order valence-corrected chi connectivity index (χ4v) is 1.97. The second-order valence-corrected chi connectivity index (χ2v) is 5.68. The maximum atomic E-state index is 11.7. The van der Waals surface area contributed by atoms with Crippen LogP contribution in [0.15, 0.2) is 11.6 Å². The molecule has 1 aliphatic rings. The topological polar surface area (TPSA) is 64.6 Å². The molecule has 0 aromatic rings. The monoisotopic (exact) mass is 269 g/mol. The summed E-state index contributed by atoms with van der Waals surface area (Å²) in [6.07, 6.45) is 5.13. The van der Waals surface area contributed by atoms with Crippen LogP contribution < -0.4 is 5.32 Å². The molecule has 0 radical (unpaired) electrons. The molecule has 5 nitrogen and oxygen atoms in total. The molecule has 1 N–H and O–H groups in total. The van der Waals surface area contributed by atoms with Crippen LogP contribution in [0.5, 0.6) is 0 Å². The Kier molecular flexibility index (Phi) is 5.39. The van der Waals surface area contributed by atoms with Gasteiger partial charge in [-0.25, -0.2) is 9.59 Å². The molecule has 0 saturated carbocycles. The van der Waals surface area contributed by atoms with Crippen LogP contribution in [0.4, 0.5) is 4.79 Å². The van der Waals surface area contributed by atoms with Gasteiger partial charge in [-0.15, -0.1) is 0 Å². The van der Waals surface area contributed by atoms with Crippen molar-refractivity contribution in [3.8, 4) is 0 Å². The minimum Gasteiger partial charge on any atom is -0.467 e. The normalized spacial score (nSPS) is 16.5. The summed E-state index contributed by atoms with van der Waals surface area (Å²) in [7, 11) is 1.31. The number of alkyl carbamates (subject to hydrolysis) is 1. The van der Waals surface area contributed by atoms with Gasteiger partial charge in [0.05, 0.1) is 7.11 Å². The quantitative estimate of drug-likeness (QED) is 0.629. The fourth-order valence-electron chi connectivity index (χ4n) is 1.97. The lowest BCUT2D eigenvalue weighted by atomic mass is 10.1. The predicted octanol–water partition coefficient (Wildman–Crippen LogP) is 2.55. The van der Waals surface area contributed by atoms with E-state index in [9.17, 15) is 9.59 Å². The zero-order valence-electron chi connectivity index (χ0n) is 12.1. The van der Waals surface area contributed by atoms with Gasteiger partial charge in [-0.05, 0) is 46.5 Å². The maximum absolute atomic E-state index is 11.7. The number of carbonyl (C=O) groups excluding carboxylic acids is 2. The van der Waals surface area contributed by atoms with Crippen molar-refractivity contribution in [3.63, 3.8) is 0 Å². The largest absolute Gasteiger partial charge is 0.467 e. The molecule has 1 unspecified atom stereocenters. The molecule has 0 bridgehead atoms. The highest BCUT2D eigenvalue weighted by atomic mass is 16.6. The molecule has 0 saturated heterocycles. The van der Waals surface area contributed by atoms with Crippen LogP contribution in [0.25, 0.3) is 0 Å². The van der Waals surface area contributed by atoms with E-state index in [0.717, 1.165) is 19.3 Å². The molecule has 0 aliphatic heterocycles. The Balaban J connectivity index is 2.59. The van der Waals surface area contributed by atoms with Crippen molar-refractivity contribution in [2.24, 2.45) is 0 Å². The molecule has 0 spiro atoms. The average molecular weight is 269 g/mol. The van der Waals surface area contributed by atoms with Crippen molar-refractivity contribution in [1.82, 2.24) is 5.32 Å². The van der Waals surface area contributed by atoms with Gasteiger partial charge in [0.1, 0.15) is 11.6 Å². The summed E-state index contributed by atoms with van der Waals surface area (Å²) in [5, 5.41) is 2.57. The molecule has 0 aromatic heterocycles. The Morgan fingerprint density at radius 1 is 1.42 bits per heavy atom. The molecule has 1 aliphatic carbocycles. The van der Waals surface area contributed by atoms with Crippen LogP contribution in [-0.2, 0) is 14.3 Å². The van der Waals surface area contributed by atoms with Gasteiger partial charge in [0.25, 0.3) is 0 Å². The lowest BCUT2D eigenvalue weighted by Crippen LogP contribution is -2.44. The van der Waals surface area contributed by atoms with Crippen molar-refractivity contribution in [1.29, 1.82) is 0 Å². The van der Waals surface area contributed by atoms with Gasteiger partial charge in [-0.2, -0.15) is 0 Å². The van der Waals surface area contributed by atoms with Crippen LogP contribution >= 0.6 is 0 Å². The zero-order chi connectivity index (χ0) is 14.5. The third-order valence-electron chi connectivity index (χ3n) is 2.78. The first-order chi connectivity index (χ1) is 8.81. The SMILES string of the molecule is COC(=O)C(CC1=CCCC1)NC(=O)OC(C)(C)C. The molecule has 1 atom stereocenters. The van der Waals surface area contributed by atoms with Crippen LogP contribution in [-0.4, -0.2) is 30.8 Å².